The number of carbonyl (C=O) groups excluding carboxylic acids is 1. The van der Waals surface area contributed by atoms with Gasteiger partial charge < -0.3 is 10.6 Å². The predicted octanol–water partition coefficient (Wildman–Crippen LogP) is 1.32. The van der Waals surface area contributed by atoms with Gasteiger partial charge in [0.15, 0.2) is 0 Å². The largest absolute Gasteiger partial charge is 0.359 e. The first-order valence-electron chi connectivity index (χ1n) is 5.53. The minimum absolute atomic E-state index is 0.0625. The van der Waals surface area contributed by atoms with Crippen LogP contribution in [-0.4, -0.2) is 24.0 Å². The Morgan fingerprint density at radius 3 is 2.94 bits per heavy atom. The van der Waals surface area contributed by atoms with Crippen LogP contribution in [0, 0.1) is 0 Å². The van der Waals surface area contributed by atoms with Crippen molar-refractivity contribution in [2.45, 2.75) is 39.3 Å². The van der Waals surface area contributed by atoms with Gasteiger partial charge in [0.2, 0.25) is 5.91 Å². The molecule has 0 aliphatic rings. The summed E-state index contributed by atoms with van der Waals surface area (Å²) in [5, 5.41) is 9.13. The van der Waals surface area contributed by atoms with Crippen LogP contribution in [0.15, 0.2) is 5.38 Å². The van der Waals surface area contributed by atoms with Crippen LogP contribution < -0.4 is 10.6 Å². The van der Waals surface area contributed by atoms with Gasteiger partial charge in [0.05, 0.1) is 10.7 Å². The van der Waals surface area contributed by atoms with E-state index in [1.54, 1.807) is 18.4 Å². The number of rotatable bonds is 6. The second-order valence-electron chi connectivity index (χ2n) is 3.75. The molecule has 0 saturated heterocycles. The number of amides is 1. The molecule has 4 nitrogen and oxygen atoms in total. The molecule has 0 fully saturated rings. The number of aryl methyl sites for hydroxylation is 1. The van der Waals surface area contributed by atoms with Crippen LogP contribution in [0.3, 0.4) is 0 Å². The highest BCUT2D eigenvalue weighted by molar-refractivity contribution is 7.09. The van der Waals surface area contributed by atoms with Gasteiger partial charge in [-0.2, -0.15) is 0 Å². The van der Waals surface area contributed by atoms with E-state index in [2.05, 4.69) is 27.9 Å². The summed E-state index contributed by atoms with van der Waals surface area (Å²) in [6.07, 6.45) is 1.49. The summed E-state index contributed by atoms with van der Waals surface area (Å²) in [6.45, 7) is 4.83. The third kappa shape index (κ3) is 4.28. The molecule has 0 radical (unpaired) electrons. The first kappa shape index (κ1) is 13.1. The zero-order chi connectivity index (χ0) is 12.0. The van der Waals surface area contributed by atoms with Crippen molar-refractivity contribution in [1.82, 2.24) is 15.6 Å². The molecular weight excluding hydrogens is 222 g/mol. The Labute approximate surface area is 100 Å². The van der Waals surface area contributed by atoms with E-state index in [1.807, 2.05) is 6.92 Å². The number of nitrogens with one attached hydrogen (secondary N) is 2. The van der Waals surface area contributed by atoms with Crippen LogP contribution in [0.2, 0.25) is 0 Å². The summed E-state index contributed by atoms with van der Waals surface area (Å²) in [7, 11) is 1.66. The molecule has 1 atom stereocenters. The van der Waals surface area contributed by atoms with Crippen LogP contribution in [-0.2, 0) is 17.8 Å². The minimum Gasteiger partial charge on any atom is -0.359 e. The SMILES string of the molecule is CCc1nc(CNC(C)CC(=O)NC)cs1. The molecule has 0 spiro atoms. The molecule has 90 valence electrons. The highest BCUT2D eigenvalue weighted by Gasteiger charge is 2.07. The summed E-state index contributed by atoms with van der Waals surface area (Å²) >= 11 is 1.69. The van der Waals surface area contributed by atoms with Gasteiger partial charge in [0.1, 0.15) is 0 Å². The lowest BCUT2D eigenvalue weighted by molar-refractivity contribution is -0.121. The average Bonchev–Trinajstić information content (AvgIpc) is 2.74. The maximum absolute atomic E-state index is 11.1. The van der Waals surface area contributed by atoms with Crippen molar-refractivity contribution in [1.29, 1.82) is 0 Å². The normalized spacial score (nSPS) is 12.4. The Morgan fingerprint density at radius 1 is 1.62 bits per heavy atom. The second-order valence-corrected chi connectivity index (χ2v) is 4.69. The molecule has 1 aromatic rings. The fourth-order valence-corrected chi connectivity index (χ4v) is 2.07. The van der Waals surface area contributed by atoms with Crippen LogP contribution >= 0.6 is 11.3 Å². The molecule has 5 heteroatoms. The van der Waals surface area contributed by atoms with Crippen LogP contribution in [0.1, 0.15) is 31.0 Å². The van der Waals surface area contributed by atoms with E-state index in [4.69, 9.17) is 0 Å². The molecule has 0 aliphatic heterocycles. The third-order valence-corrected chi connectivity index (χ3v) is 3.35. The first-order valence-corrected chi connectivity index (χ1v) is 6.41. The average molecular weight is 241 g/mol. The molecule has 1 rings (SSSR count). The van der Waals surface area contributed by atoms with Gasteiger partial charge in [-0.05, 0) is 13.3 Å². The smallest absolute Gasteiger partial charge is 0.221 e. The van der Waals surface area contributed by atoms with E-state index in [9.17, 15) is 4.79 Å². The molecule has 1 heterocycles. The van der Waals surface area contributed by atoms with E-state index in [0.717, 1.165) is 23.7 Å². The van der Waals surface area contributed by atoms with Gasteiger partial charge in [-0.15, -0.1) is 11.3 Å². The van der Waals surface area contributed by atoms with Gasteiger partial charge in [-0.1, -0.05) is 6.92 Å². The highest BCUT2D eigenvalue weighted by atomic mass is 32.1. The van der Waals surface area contributed by atoms with Crippen molar-refractivity contribution in [3.8, 4) is 0 Å². The maximum Gasteiger partial charge on any atom is 0.221 e. The quantitative estimate of drug-likeness (QED) is 0.790. The Bertz CT molecular complexity index is 338. The lowest BCUT2D eigenvalue weighted by atomic mass is 10.2. The van der Waals surface area contributed by atoms with E-state index < -0.39 is 0 Å². The van der Waals surface area contributed by atoms with E-state index >= 15 is 0 Å². The summed E-state index contributed by atoms with van der Waals surface area (Å²) in [4.78, 5) is 15.6. The summed E-state index contributed by atoms with van der Waals surface area (Å²) in [6, 6.07) is 0.173. The predicted molar refractivity (Wildman–Crippen MR) is 66.5 cm³/mol. The van der Waals surface area contributed by atoms with Gasteiger partial charge in [-0.25, -0.2) is 4.98 Å². The molecule has 2 N–H and O–H groups in total. The molecule has 1 amide bonds. The molecular formula is C11H19N3OS. The number of carbonyl (C=O) groups is 1. The number of hydrogen-bond acceptors (Lipinski definition) is 4. The zero-order valence-corrected chi connectivity index (χ0v) is 10.9. The van der Waals surface area contributed by atoms with Crippen LogP contribution in [0.25, 0.3) is 0 Å². The van der Waals surface area contributed by atoms with E-state index in [-0.39, 0.29) is 11.9 Å². The number of thiazole rings is 1. The number of nitrogens with zero attached hydrogens (tertiary/aromatic N) is 1. The number of hydrogen-bond donors (Lipinski definition) is 2. The molecule has 1 unspecified atom stereocenters. The lowest BCUT2D eigenvalue weighted by Gasteiger charge is -2.11. The maximum atomic E-state index is 11.1. The first-order chi connectivity index (χ1) is 7.65. The van der Waals surface area contributed by atoms with Crippen LogP contribution in [0.5, 0.6) is 0 Å². The van der Waals surface area contributed by atoms with Gasteiger partial charge in [0.25, 0.3) is 0 Å². The van der Waals surface area contributed by atoms with Gasteiger partial charge in [-0.3, -0.25) is 4.79 Å². The van der Waals surface area contributed by atoms with Gasteiger partial charge in [0, 0.05) is 31.4 Å². The standard InChI is InChI=1S/C11H19N3OS/c1-4-11-14-9(7-16-11)6-13-8(2)5-10(15)12-3/h7-8,13H,4-6H2,1-3H3,(H,12,15). The molecule has 1 aromatic heterocycles. The molecule has 0 bridgehead atoms. The molecule has 16 heavy (non-hydrogen) atoms. The Morgan fingerprint density at radius 2 is 2.38 bits per heavy atom. The Balaban J connectivity index is 2.31. The Hall–Kier alpha value is -0.940. The fraction of sp³-hybridized carbons (Fsp3) is 0.636. The monoisotopic (exact) mass is 241 g/mol. The number of aromatic nitrogens is 1. The second kappa shape index (κ2) is 6.60. The topological polar surface area (TPSA) is 54.0 Å². The lowest BCUT2D eigenvalue weighted by Crippen LogP contribution is -2.32. The Kier molecular flexibility index (Phi) is 5.42. The van der Waals surface area contributed by atoms with Crippen molar-refractivity contribution < 1.29 is 4.79 Å². The van der Waals surface area contributed by atoms with Gasteiger partial charge >= 0.3 is 0 Å². The van der Waals surface area contributed by atoms with Crippen molar-refractivity contribution in [3.05, 3.63) is 16.1 Å². The molecule has 0 aromatic carbocycles. The van der Waals surface area contributed by atoms with Crippen LogP contribution in [0.4, 0.5) is 0 Å². The van der Waals surface area contributed by atoms with E-state index in [0.29, 0.717) is 6.42 Å². The van der Waals surface area contributed by atoms with Crippen molar-refractivity contribution in [3.63, 3.8) is 0 Å². The summed E-state index contributed by atoms with van der Waals surface area (Å²) in [5.74, 6) is 0.0625. The molecule has 0 saturated carbocycles. The third-order valence-electron chi connectivity index (χ3n) is 2.30. The summed E-state index contributed by atoms with van der Waals surface area (Å²) in [5.41, 5.74) is 1.06. The minimum atomic E-state index is 0.0625. The van der Waals surface area contributed by atoms with E-state index in [1.165, 1.54) is 0 Å². The van der Waals surface area contributed by atoms with Crippen molar-refractivity contribution in [2.75, 3.05) is 7.05 Å². The fourth-order valence-electron chi connectivity index (χ4n) is 1.32. The van der Waals surface area contributed by atoms with Crippen molar-refractivity contribution >= 4 is 17.2 Å². The summed E-state index contributed by atoms with van der Waals surface area (Å²) < 4.78 is 0. The highest BCUT2D eigenvalue weighted by Crippen LogP contribution is 2.10. The van der Waals surface area contributed by atoms with Crippen molar-refractivity contribution in [2.24, 2.45) is 0 Å². The molecule has 0 aliphatic carbocycles. The zero-order valence-electron chi connectivity index (χ0n) is 10.0.